The van der Waals surface area contributed by atoms with Gasteiger partial charge in [0.05, 0.1) is 35.2 Å². The number of aryl methyl sites for hydroxylation is 1. The van der Waals surface area contributed by atoms with Crippen LogP contribution in [0.4, 0.5) is 4.39 Å². The third-order valence-corrected chi connectivity index (χ3v) is 7.63. The molecular formula is C28H28Cl2FN3O3. The number of hydrogen-bond donors (Lipinski definition) is 2. The van der Waals surface area contributed by atoms with E-state index in [-0.39, 0.29) is 5.91 Å². The van der Waals surface area contributed by atoms with E-state index in [1.807, 2.05) is 23.7 Å². The lowest BCUT2D eigenvalue weighted by atomic mass is 9.73. The fourth-order valence-corrected chi connectivity index (χ4v) is 5.28. The number of amides is 1. The number of methoxy groups -OCH3 is 1. The molecule has 9 heteroatoms. The van der Waals surface area contributed by atoms with Crippen LogP contribution in [-0.4, -0.2) is 47.7 Å². The Morgan fingerprint density at radius 3 is 2.73 bits per heavy atom. The van der Waals surface area contributed by atoms with E-state index < -0.39 is 11.2 Å². The standard InChI is InChI=1S/C28H28Cl2FN3O3/c1-37-21-8-9-26-23(17-21)22(24(30)18-32-26)5-2-10-28(27(35)33-36)11-14-34(15-12-28)13-3-4-19-6-7-20(29)16-25(19)31/h6-9,16-18,36H,2,5,10-15H2,1H3,(H,33,35). The normalized spacial score (nSPS) is 15.2. The van der Waals surface area contributed by atoms with E-state index >= 15 is 0 Å². The Morgan fingerprint density at radius 1 is 1.24 bits per heavy atom. The van der Waals surface area contributed by atoms with Gasteiger partial charge in [0.2, 0.25) is 5.91 Å². The number of piperidine rings is 1. The molecule has 1 aromatic heterocycles. The molecule has 2 N–H and O–H groups in total. The van der Waals surface area contributed by atoms with E-state index in [0.717, 1.165) is 22.2 Å². The fourth-order valence-electron chi connectivity index (χ4n) is 4.87. The molecule has 4 rings (SSSR count). The third-order valence-electron chi connectivity index (χ3n) is 7.07. The van der Waals surface area contributed by atoms with E-state index in [0.29, 0.717) is 67.3 Å². The number of nitrogens with one attached hydrogen (secondary N) is 1. The van der Waals surface area contributed by atoms with E-state index in [1.165, 1.54) is 6.07 Å². The number of benzene rings is 2. The summed E-state index contributed by atoms with van der Waals surface area (Å²) >= 11 is 12.3. The van der Waals surface area contributed by atoms with Gasteiger partial charge >= 0.3 is 0 Å². The van der Waals surface area contributed by atoms with Gasteiger partial charge in [-0.15, -0.1) is 0 Å². The van der Waals surface area contributed by atoms with Crippen molar-refractivity contribution in [1.29, 1.82) is 0 Å². The Labute approximate surface area is 225 Å². The van der Waals surface area contributed by atoms with Crippen LogP contribution in [0.3, 0.4) is 0 Å². The number of carbonyl (C=O) groups is 1. The van der Waals surface area contributed by atoms with Crippen molar-refractivity contribution in [2.75, 3.05) is 26.7 Å². The second-order valence-electron chi connectivity index (χ2n) is 9.24. The fraction of sp³-hybridized carbons (Fsp3) is 0.357. The van der Waals surface area contributed by atoms with Gasteiger partial charge in [-0.25, -0.2) is 9.87 Å². The number of rotatable bonds is 7. The number of likely N-dealkylation sites (tertiary alicyclic amines) is 1. The lowest BCUT2D eigenvalue weighted by Gasteiger charge is -2.39. The predicted molar refractivity (Wildman–Crippen MR) is 143 cm³/mol. The van der Waals surface area contributed by atoms with Crippen LogP contribution in [0.5, 0.6) is 5.75 Å². The average molecular weight is 544 g/mol. The number of nitrogens with zero attached hydrogens (tertiary/aromatic N) is 2. The van der Waals surface area contributed by atoms with Crippen molar-refractivity contribution in [3.63, 3.8) is 0 Å². The highest BCUT2D eigenvalue weighted by Crippen LogP contribution is 2.38. The number of hydroxylamine groups is 1. The molecule has 1 aliphatic rings. The van der Waals surface area contributed by atoms with E-state index in [4.69, 9.17) is 27.9 Å². The van der Waals surface area contributed by atoms with E-state index in [1.54, 1.807) is 25.4 Å². The van der Waals surface area contributed by atoms with Gasteiger partial charge < -0.3 is 4.74 Å². The zero-order valence-electron chi connectivity index (χ0n) is 20.5. The van der Waals surface area contributed by atoms with Gasteiger partial charge in [0, 0.05) is 29.7 Å². The number of aromatic nitrogens is 1. The van der Waals surface area contributed by atoms with Crippen LogP contribution in [0.15, 0.2) is 42.6 Å². The molecule has 1 saturated heterocycles. The molecule has 3 aromatic rings. The molecule has 0 atom stereocenters. The maximum absolute atomic E-state index is 13.9. The van der Waals surface area contributed by atoms with Gasteiger partial charge in [0.25, 0.3) is 0 Å². The highest BCUT2D eigenvalue weighted by Gasteiger charge is 2.40. The molecule has 194 valence electrons. The first-order chi connectivity index (χ1) is 17.8. The first-order valence-electron chi connectivity index (χ1n) is 12.1. The molecule has 1 fully saturated rings. The number of halogens is 3. The Balaban J connectivity index is 1.40. The summed E-state index contributed by atoms with van der Waals surface area (Å²) in [4.78, 5) is 19.3. The van der Waals surface area contributed by atoms with Crippen molar-refractivity contribution >= 4 is 40.0 Å². The SMILES string of the molecule is COc1ccc2ncc(Cl)c(CCCC3(C(=O)NO)CCN(CC#Cc4ccc(Cl)cc4F)CC3)c2c1. The highest BCUT2D eigenvalue weighted by atomic mass is 35.5. The van der Waals surface area contributed by atoms with Crippen molar-refractivity contribution in [1.82, 2.24) is 15.4 Å². The lowest BCUT2D eigenvalue weighted by molar-refractivity contribution is -0.143. The Bertz CT molecular complexity index is 1350. The van der Waals surface area contributed by atoms with Crippen molar-refractivity contribution in [3.8, 4) is 17.6 Å². The van der Waals surface area contributed by atoms with E-state index in [2.05, 4.69) is 21.7 Å². The number of ether oxygens (including phenoxy) is 1. The summed E-state index contributed by atoms with van der Waals surface area (Å²) in [6.45, 7) is 1.74. The third kappa shape index (κ3) is 6.34. The Kier molecular flexibility index (Phi) is 8.88. The lowest BCUT2D eigenvalue weighted by Crippen LogP contribution is -2.48. The number of carbonyl (C=O) groups excluding carboxylic acids is 1. The Hall–Kier alpha value is -2.89. The van der Waals surface area contributed by atoms with Crippen LogP contribution in [-0.2, 0) is 11.2 Å². The molecule has 0 unspecified atom stereocenters. The summed E-state index contributed by atoms with van der Waals surface area (Å²) in [6, 6.07) is 10.1. The molecule has 2 aromatic carbocycles. The van der Waals surface area contributed by atoms with Gasteiger partial charge in [-0.05, 0) is 74.1 Å². The molecule has 37 heavy (non-hydrogen) atoms. The average Bonchev–Trinajstić information content (AvgIpc) is 2.91. The van der Waals surface area contributed by atoms with E-state index in [9.17, 15) is 14.4 Å². The Morgan fingerprint density at radius 2 is 2.03 bits per heavy atom. The molecule has 1 amide bonds. The second-order valence-corrected chi connectivity index (χ2v) is 10.1. The molecule has 0 spiro atoms. The predicted octanol–water partition coefficient (Wildman–Crippen LogP) is 5.65. The van der Waals surface area contributed by atoms with Crippen LogP contribution in [0.1, 0.15) is 36.8 Å². The maximum Gasteiger partial charge on any atom is 0.249 e. The quantitative estimate of drug-likeness (QED) is 0.229. The topological polar surface area (TPSA) is 74.7 Å². The smallest absolute Gasteiger partial charge is 0.249 e. The van der Waals surface area contributed by atoms with Crippen molar-refractivity contribution < 1.29 is 19.1 Å². The first kappa shape index (κ1) is 27.2. The summed E-state index contributed by atoms with van der Waals surface area (Å²) in [7, 11) is 1.62. The monoisotopic (exact) mass is 543 g/mol. The summed E-state index contributed by atoms with van der Waals surface area (Å²) in [5.74, 6) is 5.77. The maximum atomic E-state index is 13.9. The van der Waals surface area contributed by atoms with Crippen LogP contribution in [0.25, 0.3) is 10.9 Å². The van der Waals surface area contributed by atoms with Gasteiger partial charge in [0.1, 0.15) is 11.6 Å². The van der Waals surface area contributed by atoms with Gasteiger partial charge in [-0.2, -0.15) is 0 Å². The molecule has 0 radical (unpaired) electrons. The van der Waals surface area contributed by atoms with Crippen LogP contribution < -0.4 is 10.2 Å². The molecular weight excluding hydrogens is 516 g/mol. The molecule has 2 heterocycles. The second kappa shape index (κ2) is 12.1. The van der Waals surface area contributed by atoms with Crippen LogP contribution in [0, 0.1) is 23.1 Å². The molecule has 1 aliphatic heterocycles. The van der Waals surface area contributed by atoms with Crippen LogP contribution >= 0.6 is 23.2 Å². The minimum Gasteiger partial charge on any atom is -0.497 e. The largest absolute Gasteiger partial charge is 0.497 e. The molecule has 0 bridgehead atoms. The highest BCUT2D eigenvalue weighted by molar-refractivity contribution is 6.32. The summed E-state index contributed by atoms with van der Waals surface area (Å²) in [6.07, 6.45) is 4.77. The minimum absolute atomic E-state index is 0.301. The van der Waals surface area contributed by atoms with Gasteiger partial charge in [-0.3, -0.25) is 19.9 Å². The van der Waals surface area contributed by atoms with Crippen molar-refractivity contribution in [2.24, 2.45) is 5.41 Å². The zero-order chi connectivity index (χ0) is 26.4. The first-order valence-corrected chi connectivity index (χ1v) is 12.8. The number of pyridine rings is 1. The molecule has 6 nitrogen and oxygen atoms in total. The molecule has 0 aliphatic carbocycles. The summed E-state index contributed by atoms with van der Waals surface area (Å²) in [5, 5.41) is 11.3. The van der Waals surface area contributed by atoms with Gasteiger partial charge in [0.15, 0.2) is 0 Å². The van der Waals surface area contributed by atoms with Crippen molar-refractivity contribution in [2.45, 2.75) is 32.1 Å². The van der Waals surface area contributed by atoms with Crippen LogP contribution in [0.2, 0.25) is 10.0 Å². The zero-order valence-corrected chi connectivity index (χ0v) is 22.0. The minimum atomic E-state index is -0.687. The summed E-state index contributed by atoms with van der Waals surface area (Å²) < 4.78 is 19.3. The number of hydrogen-bond acceptors (Lipinski definition) is 5. The number of fused-ring (bicyclic) bond motifs is 1. The molecule has 0 saturated carbocycles. The van der Waals surface area contributed by atoms with Gasteiger partial charge in [-0.1, -0.05) is 35.0 Å². The summed E-state index contributed by atoms with van der Waals surface area (Å²) in [5.41, 5.74) is 3.29. The van der Waals surface area contributed by atoms with Crippen molar-refractivity contribution in [3.05, 3.63) is 69.6 Å².